The van der Waals surface area contributed by atoms with Crippen LogP contribution in [0.1, 0.15) is 35.6 Å². The molecule has 0 atom stereocenters. The second kappa shape index (κ2) is 9.32. The zero-order valence-electron chi connectivity index (χ0n) is 18.8. The van der Waals surface area contributed by atoms with E-state index in [1.807, 2.05) is 48.5 Å². The Morgan fingerprint density at radius 3 is 1.03 bits per heavy atom. The SMILES string of the molecule is CC(CC(CCl)(c1ccc(O)cc1)c1ccc(O)cc1)(c1ccc(O)cc1)c1ccc(O)cc1. The molecule has 4 aromatic carbocycles. The monoisotopic (exact) mass is 474 g/mol. The van der Waals surface area contributed by atoms with Crippen LogP contribution in [-0.4, -0.2) is 26.3 Å². The van der Waals surface area contributed by atoms with Gasteiger partial charge in [0.1, 0.15) is 23.0 Å². The second-order valence-electron chi connectivity index (χ2n) is 8.91. The molecule has 0 spiro atoms. The molecular formula is C29H27ClO4. The lowest BCUT2D eigenvalue weighted by molar-refractivity contribution is 0.394. The van der Waals surface area contributed by atoms with Crippen molar-refractivity contribution in [2.24, 2.45) is 0 Å². The van der Waals surface area contributed by atoms with Crippen LogP contribution in [0.25, 0.3) is 0 Å². The van der Waals surface area contributed by atoms with Crippen molar-refractivity contribution in [2.75, 3.05) is 5.88 Å². The van der Waals surface area contributed by atoms with Crippen LogP contribution in [0.5, 0.6) is 23.0 Å². The highest BCUT2D eigenvalue weighted by atomic mass is 35.5. The van der Waals surface area contributed by atoms with Gasteiger partial charge < -0.3 is 20.4 Å². The van der Waals surface area contributed by atoms with Crippen LogP contribution >= 0.6 is 11.6 Å². The molecule has 0 radical (unpaired) electrons. The van der Waals surface area contributed by atoms with Crippen LogP contribution in [0, 0.1) is 0 Å². The predicted octanol–water partition coefficient (Wildman–Crippen LogP) is 6.43. The number of rotatable bonds is 7. The van der Waals surface area contributed by atoms with Crippen LogP contribution in [0.2, 0.25) is 0 Å². The van der Waals surface area contributed by atoms with E-state index in [0.29, 0.717) is 6.42 Å². The molecule has 0 bridgehead atoms. The third-order valence-corrected chi connectivity index (χ3v) is 7.19. The molecule has 0 saturated carbocycles. The first-order valence-corrected chi connectivity index (χ1v) is 11.5. The van der Waals surface area contributed by atoms with Gasteiger partial charge in [0.05, 0.1) is 0 Å². The van der Waals surface area contributed by atoms with Gasteiger partial charge in [-0.3, -0.25) is 0 Å². The van der Waals surface area contributed by atoms with Gasteiger partial charge in [0.2, 0.25) is 0 Å². The zero-order chi connectivity index (χ0) is 24.3. The highest BCUT2D eigenvalue weighted by Crippen LogP contribution is 2.48. The molecule has 0 unspecified atom stereocenters. The van der Waals surface area contributed by atoms with Crippen molar-refractivity contribution in [3.05, 3.63) is 119 Å². The van der Waals surface area contributed by atoms with Gasteiger partial charge in [0.25, 0.3) is 0 Å². The number of phenols is 4. The maximum absolute atomic E-state index is 9.93. The molecule has 0 amide bonds. The molecular weight excluding hydrogens is 448 g/mol. The Morgan fingerprint density at radius 1 is 0.500 bits per heavy atom. The summed E-state index contributed by atoms with van der Waals surface area (Å²) < 4.78 is 0. The molecule has 4 aromatic rings. The normalized spacial score (nSPS) is 11.9. The maximum atomic E-state index is 9.93. The Hall–Kier alpha value is -3.63. The first-order chi connectivity index (χ1) is 16.3. The average Bonchev–Trinajstić information content (AvgIpc) is 2.84. The van der Waals surface area contributed by atoms with E-state index in [-0.39, 0.29) is 28.9 Å². The highest BCUT2D eigenvalue weighted by Gasteiger charge is 2.43. The van der Waals surface area contributed by atoms with Gasteiger partial charge in [-0.25, -0.2) is 0 Å². The summed E-state index contributed by atoms with van der Waals surface area (Å²) in [5.41, 5.74) is 2.54. The van der Waals surface area contributed by atoms with E-state index in [4.69, 9.17) is 11.6 Å². The summed E-state index contributed by atoms with van der Waals surface area (Å²) in [7, 11) is 0. The lowest BCUT2D eigenvalue weighted by Gasteiger charge is -2.42. The lowest BCUT2D eigenvalue weighted by Crippen LogP contribution is -2.39. The van der Waals surface area contributed by atoms with E-state index in [1.165, 1.54) is 0 Å². The topological polar surface area (TPSA) is 80.9 Å². The number of hydrogen-bond acceptors (Lipinski definition) is 4. The molecule has 5 heteroatoms. The summed E-state index contributed by atoms with van der Waals surface area (Å²) in [6.45, 7) is 2.12. The Balaban J connectivity index is 1.96. The number of halogens is 1. The third-order valence-electron chi connectivity index (χ3n) is 6.73. The van der Waals surface area contributed by atoms with Crippen molar-refractivity contribution >= 4 is 11.6 Å². The van der Waals surface area contributed by atoms with Gasteiger partial charge in [-0.05, 0) is 77.2 Å². The first kappa shape index (κ1) is 23.5. The molecule has 4 nitrogen and oxygen atoms in total. The molecule has 0 aliphatic heterocycles. The largest absolute Gasteiger partial charge is 0.508 e. The Kier molecular flexibility index (Phi) is 6.45. The van der Waals surface area contributed by atoms with Crippen LogP contribution < -0.4 is 0 Å². The maximum Gasteiger partial charge on any atom is 0.115 e. The molecule has 4 N–H and O–H groups in total. The summed E-state index contributed by atoms with van der Waals surface area (Å²) in [4.78, 5) is 0. The van der Waals surface area contributed by atoms with Crippen LogP contribution in [-0.2, 0) is 10.8 Å². The zero-order valence-corrected chi connectivity index (χ0v) is 19.6. The molecule has 174 valence electrons. The van der Waals surface area contributed by atoms with Crippen molar-refractivity contribution in [3.8, 4) is 23.0 Å². The Bertz CT molecular complexity index is 1140. The Labute approximate surface area is 204 Å². The first-order valence-electron chi connectivity index (χ1n) is 11.0. The van der Waals surface area contributed by atoms with Gasteiger partial charge in [-0.15, -0.1) is 11.6 Å². The van der Waals surface area contributed by atoms with Gasteiger partial charge >= 0.3 is 0 Å². The van der Waals surface area contributed by atoms with E-state index < -0.39 is 10.8 Å². The molecule has 0 heterocycles. The molecule has 4 rings (SSSR count). The van der Waals surface area contributed by atoms with E-state index in [2.05, 4.69) is 6.92 Å². The van der Waals surface area contributed by atoms with Crippen LogP contribution in [0.4, 0.5) is 0 Å². The van der Waals surface area contributed by atoms with Crippen molar-refractivity contribution in [2.45, 2.75) is 24.2 Å². The summed E-state index contributed by atoms with van der Waals surface area (Å²) in [6.07, 6.45) is 0.536. The summed E-state index contributed by atoms with van der Waals surface area (Å²) in [6, 6.07) is 28.3. The van der Waals surface area contributed by atoms with Crippen molar-refractivity contribution < 1.29 is 20.4 Å². The quantitative estimate of drug-likeness (QED) is 0.233. The Morgan fingerprint density at radius 2 is 0.765 bits per heavy atom. The fourth-order valence-electron chi connectivity index (χ4n) is 4.77. The minimum atomic E-state index is -0.687. The van der Waals surface area contributed by atoms with Gasteiger partial charge in [-0.2, -0.15) is 0 Å². The summed E-state index contributed by atoms with van der Waals surface area (Å²) in [5.74, 6) is 0.930. The predicted molar refractivity (Wildman–Crippen MR) is 135 cm³/mol. The third kappa shape index (κ3) is 4.42. The standard InChI is InChI=1S/C29H27ClO4/c1-28(20-2-10-24(31)11-3-20,21-4-12-25(32)13-5-21)18-29(19-30,22-6-14-26(33)15-7-22)23-8-16-27(34)17-9-23/h2-17,31-34H,18-19H2,1H3. The minimum absolute atomic E-state index is 0.165. The fourth-order valence-corrected chi connectivity index (χ4v) is 5.17. The molecule has 0 aromatic heterocycles. The summed E-state index contributed by atoms with van der Waals surface area (Å²) >= 11 is 6.80. The highest BCUT2D eigenvalue weighted by molar-refractivity contribution is 6.19. The van der Waals surface area contributed by atoms with E-state index in [0.717, 1.165) is 22.3 Å². The van der Waals surface area contributed by atoms with Gasteiger partial charge in [0.15, 0.2) is 0 Å². The van der Waals surface area contributed by atoms with Crippen LogP contribution in [0.3, 0.4) is 0 Å². The molecule has 34 heavy (non-hydrogen) atoms. The molecule has 0 aliphatic rings. The number of alkyl halides is 1. The van der Waals surface area contributed by atoms with E-state index in [1.54, 1.807) is 48.5 Å². The summed E-state index contributed by atoms with van der Waals surface area (Å²) in [5, 5.41) is 39.7. The average molecular weight is 475 g/mol. The van der Waals surface area contributed by atoms with Crippen molar-refractivity contribution in [3.63, 3.8) is 0 Å². The minimum Gasteiger partial charge on any atom is -0.508 e. The van der Waals surface area contributed by atoms with Crippen molar-refractivity contribution in [1.29, 1.82) is 0 Å². The smallest absolute Gasteiger partial charge is 0.115 e. The van der Waals surface area contributed by atoms with E-state index in [9.17, 15) is 20.4 Å². The lowest BCUT2D eigenvalue weighted by atomic mass is 9.61. The number of aromatic hydroxyl groups is 4. The molecule has 0 fully saturated rings. The van der Waals surface area contributed by atoms with Gasteiger partial charge in [0, 0.05) is 16.7 Å². The van der Waals surface area contributed by atoms with E-state index >= 15 is 0 Å². The van der Waals surface area contributed by atoms with Gasteiger partial charge in [-0.1, -0.05) is 55.5 Å². The molecule has 0 saturated heterocycles. The molecule has 0 aliphatic carbocycles. The number of phenolic OH excluding ortho intramolecular Hbond substituents is 4. The number of benzene rings is 4. The fraction of sp³-hybridized carbons (Fsp3) is 0.172. The second-order valence-corrected chi connectivity index (χ2v) is 9.18. The number of hydrogen-bond donors (Lipinski definition) is 4. The van der Waals surface area contributed by atoms with Crippen LogP contribution in [0.15, 0.2) is 97.1 Å². The van der Waals surface area contributed by atoms with Crippen molar-refractivity contribution in [1.82, 2.24) is 0 Å².